The zero-order chi connectivity index (χ0) is 12.1. The van der Waals surface area contributed by atoms with Crippen LogP contribution in [0.4, 0.5) is 0 Å². The maximum atomic E-state index is 11.5. The largest absolute Gasteiger partial charge is 0.359 e. The Labute approximate surface area is 95.4 Å². The van der Waals surface area contributed by atoms with Crippen molar-refractivity contribution in [2.45, 2.75) is 39.8 Å². The number of carbonyl (C=O) groups is 1. The SMILES string of the molecule is Cc1cc(CNC(=O)CC(N)C(C)C)on1. The van der Waals surface area contributed by atoms with Crippen molar-refractivity contribution >= 4 is 5.91 Å². The Morgan fingerprint density at radius 3 is 2.81 bits per heavy atom. The molecule has 0 aliphatic heterocycles. The molecule has 1 atom stereocenters. The quantitative estimate of drug-likeness (QED) is 0.782. The van der Waals surface area contributed by atoms with Gasteiger partial charge in [-0.25, -0.2) is 0 Å². The highest BCUT2D eigenvalue weighted by Crippen LogP contribution is 2.04. The molecular formula is C11H19N3O2. The van der Waals surface area contributed by atoms with E-state index in [0.29, 0.717) is 24.6 Å². The van der Waals surface area contributed by atoms with Gasteiger partial charge in [-0.1, -0.05) is 19.0 Å². The van der Waals surface area contributed by atoms with Crippen molar-refractivity contribution < 1.29 is 9.32 Å². The first-order valence-electron chi connectivity index (χ1n) is 5.43. The molecule has 90 valence electrons. The van der Waals surface area contributed by atoms with Gasteiger partial charge in [0.05, 0.1) is 12.2 Å². The summed E-state index contributed by atoms with van der Waals surface area (Å²) in [5, 5.41) is 6.48. The van der Waals surface area contributed by atoms with Crippen LogP contribution >= 0.6 is 0 Å². The number of hydrogen-bond acceptors (Lipinski definition) is 4. The Kier molecular flexibility index (Phi) is 4.49. The van der Waals surface area contributed by atoms with E-state index in [-0.39, 0.29) is 11.9 Å². The second kappa shape index (κ2) is 5.65. The summed E-state index contributed by atoms with van der Waals surface area (Å²) in [4.78, 5) is 11.5. The Balaban J connectivity index is 2.30. The Morgan fingerprint density at radius 1 is 1.62 bits per heavy atom. The van der Waals surface area contributed by atoms with Gasteiger partial charge in [-0.3, -0.25) is 4.79 Å². The van der Waals surface area contributed by atoms with Crippen LogP contribution in [0.1, 0.15) is 31.7 Å². The van der Waals surface area contributed by atoms with Gasteiger partial charge in [-0.2, -0.15) is 0 Å². The van der Waals surface area contributed by atoms with Crippen LogP contribution in [0.3, 0.4) is 0 Å². The van der Waals surface area contributed by atoms with Crippen LogP contribution in [0.2, 0.25) is 0 Å². The van der Waals surface area contributed by atoms with Crippen molar-refractivity contribution in [2.75, 3.05) is 0 Å². The molecule has 0 spiro atoms. The lowest BCUT2D eigenvalue weighted by molar-refractivity contribution is -0.121. The number of aromatic nitrogens is 1. The van der Waals surface area contributed by atoms with Crippen molar-refractivity contribution in [3.05, 3.63) is 17.5 Å². The number of carbonyl (C=O) groups excluding carboxylic acids is 1. The maximum Gasteiger partial charge on any atom is 0.221 e. The van der Waals surface area contributed by atoms with E-state index in [1.165, 1.54) is 0 Å². The molecule has 1 rings (SSSR count). The van der Waals surface area contributed by atoms with Crippen LogP contribution in [0.25, 0.3) is 0 Å². The molecule has 0 bridgehead atoms. The molecule has 1 aromatic heterocycles. The molecular weight excluding hydrogens is 206 g/mol. The van der Waals surface area contributed by atoms with E-state index in [1.807, 2.05) is 20.8 Å². The van der Waals surface area contributed by atoms with E-state index in [0.717, 1.165) is 5.69 Å². The predicted octanol–water partition coefficient (Wildman–Crippen LogP) is 0.973. The third kappa shape index (κ3) is 4.02. The topological polar surface area (TPSA) is 81.2 Å². The van der Waals surface area contributed by atoms with E-state index in [2.05, 4.69) is 10.5 Å². The third-order valence-electron chi connectivity index (χ3n) is 2.41. The molecule has 1 aromatic rings. The van der Waals surface area contributed by atoms with Gasteiger partial charge in [0, 0.05) is 18.5 Å². The second-order valence-electron chi connectivity index (χ2n) is 4.32. The summed E-state index contributed by atoms with van der Waals surface area (Å²) < 4.78 is 4.97. The van der Waals surface area contributed by atoms with Crippen LogP contribution in [-0.2, 0) is 11.3 Å². The first kappa shape index (κ1) is 12.7. The number of aryl methyl sites for hydroxylation is 1. The standard InChI is InChI=1S/C11H19N3O2/c1-7(2)10(12)5-11(15)13-6-9-4-8(3)14-16-9/h4,7,10H,5-6,12H2,1-3H3,(H,13,15). The smallest absolute Gasteiger partial charge is 0.221 e. The average Bonchev–Trinajstić information content (AvgIpc) is 2.61. The van der Waals surface area contributed by atoms with Crippen molar-refractivity contribution in [1.29, 1.82) is 0 Å². The van der Waals surface area contributed by atoms with Gasteiger partial charge >= 0.3 is 0 Å². The normalized spacial score (nSPS) is 12.8. The highest BCUT2D eigenvalue weighted by Gasteiger charge is 2.13. The monoisotopic (exact) mass is 225 g/mol. The lowest BCUT2D eigenvalue weighted by Crippen LogP contribution is -2.34. The van der Waals surface area contributed by atoms with Crippen LogP contribution in [0.15, 0.2) is 10.6 Å². The molecule has 5 heteroatoms. The summed E-state index contributed by atoms with van der Waals surface area (Å²) in [5.74, 6) is 0.900. The number of nitrogens with two attached hydrogens (primary N) is 1. The molecule has 0 saturated heterocycles. The van der Waals surface area contributed by atoms with E-state index in [9.17, 15) is 4.79 Å². The lowest BCUT2D eigenvalue weighted by atomic mass is 10.0. The van der Waals surface area contributed by atoms with Crippen molar-refractivity contribution in [3.8, 4) is 0 Å². The third-order valence-corrected chi connectivity index (χ3v) is 2.41. The van der Waals surface area contributed by atoms with Gasteiger partial charge in [-0.15, -0.1) is 0 Å². The van der Waals surface area contributed by atoms with Crippen LogP contribution in [-0.4, -0.2) is 17.1 Å². The average molecular weight is 225 g/mol. The molecule has 0 aliphatic carbocycles. The molecule has 0 radical (unpaired) electrons. The van der Waals surface area contributed by atoms with Gasteiger partial charge < -0.3 is 15.6 Å². The minimum Gasteiger partial charge on any atom is -0.359 e. The molecule has 1 amide bonds. The highest BCUT2D eigenvalue weighted by atomic mass is 16.5. The first-order chi connectivity index (χ1) is 7.49. The van der Waals surface area contributed by atoms with Gasteiger partial charge in [0.25, 0.3) is 0 Å². The molecule has 3 N–H and O–H groups in total. The van der Waals surface area contributed by atoms with Gasteiger partial charge in [0.1, 0.15) is 0 Å². The van der Waals surface area contributed by atoms with Crippen molar-refractivity contribution in [2.24, 2.45) is 11.7 Å². The predicted molar refractivity (Wildman–Crippen MR) is 60.5 cm³/mol. The molecule has 1 unspecified atom stereocenters. The molecule has 5 nitrogen and oxygen atoms in total. The summed E-state index contributed by atoms with van der Waals surface area (Å²) in [6.45, 7) is 6.20. The fourth-order valence-corrected chi connectivity index (χ4v) is 1.21. The minimum atomic E-state index is -0.100. The molecule has 1 heterocycles. The molecule has 16 heavy (non-hydrogen) atoms. The molecule has 0 aromatic carbocycles. The Morgan fingerprint density at radius 2 is 2.31 bits per heavy atom. The summed E-state index contributed by atoms with van der Waals surface area (Å²) in [6.07, 6.45) is 0.338. The highest BCUT2D eigenvalue weighted by molar-refractivity contribution is 5.76. The van der Waals surface area contributed by atoms with Crippen molar-refractivity contribution in [3.63, 3.8) is 0 Å². The summed E-state index contributed by atoms with van der Waals surface area (Å²) in [5.41, 5.74) is 6.60. The Bertz CT molecular complexity index is 347. The van der Waals surface area contributed by atoms with Crippen LogP contribution in [0.5, 0.6) is 0 Å². The zero-order valence-corrected chi connectivity index (χ0v) is 9.99. The molecule has 0 aliphatic rings. The zero-order valence-electron chi connectivity index (χ0n) is 9.99. The maximum absolute atomic E-state index is 11.5. The summed E-state index contributed by atoms with van der Waals surface area (Å²) in [7, 11) is 0. The fraction of sp³-hybridized carbons (Fsp3) is 0.636. The second-order valence-corrected chi connectivity index (χ2v) is 4.32. The van der Waals surface area contributed by atoms with Gasteiger partial charge in [0.15, 0.2) is 5.76 Å². The summed E-state index contributed by atoms with van der Waals surface area (Å²) in [6, 6.07) is 1.69. The number of nitrogens with zero attached hydrogens (tertiary/aromatic N) is 1. The minimum absolute atomic E-state index is 0.0600. The molecule has 0 saturated carbocycles. The summed E-state index contributed by atoms with van der Waals surface area (Å²) >= 11 is 0. The number of amides is 1. The number of nitrogens with one attached hydrogen (secondary N) is 1. The van der Waals surface area contributed by atoms with Crippen LogP contribution < -0.4 is 11.1 Å². The van der Waals surface area contributed by atoms with E-state index >= 15 is 0 Å². The van der Waals surface area contributed by atoms with Gasteiger partial charge in [0.2, 0.25) is 5.91 Å². The van der Waals surface area contributed by atoms with E-state index in [1.54, 1.807) is 6.07 Å². The number of hydrogen-bond donors (Lipinski definition) is 2. The first-order valence-corrected chi connectivity index (χ1v) is 5.43. The lowest BCUT2D eigenvalue weighted by Gasteiger charge is -2.14. The Hall–Kier alpha value is -1.36. The van der Waals surface area contributed by atoms with Crippen molar-refractivity contribution in [1.82, 2.24) is 10.5 Å². The van der Waals surface area contributed by atoms with Gasteiger partial charge in [-0.05, 0) is 12.8 Å². The molecule has 0 fully saturated rings. The van der Waals surface area contributed by atoms with E-state index < -0.39 is 0 Å². The number of rotatable bonds is 5. The van der Waals surface area contributed by atoms with E-state index in [4.69, 9.17) is 10.3 Å². The fourth-order valence-electron chi connectivity index (χ4n) is 1.21. The van der Waals surface area contributed by atoms with Crippen LogP contribution in [0, 0.1) is 12.8 Å².